The highest BCUT2D eigenvalue weighted by atomic mass is 35.5. The fourth-order valence-corrected chi connectivity index (χ4v) is 6.20. The van der Waals surface area contributed by atoms with Crippen LogP contribution in [-0.2, 0) is 27.8 Å². The van der Waals surface area contributed by atoms with Crippen LogP contribution in [0.15, 0.2) is 79.1 Å². The van der Waals surface area contributed by atoms with E-state index in [4.69, 9.17) is 0 Å². The average Bonchev–Trinajstić information content (AvgIpc) is 2.91. The van der Waals surface area contributed by atoms with E-state index in [1.54, 1.807) is 13.1 Å². The van der Waals surface area contributed by atoms with Crippen molar-refractivity contribution in [1.29, 1.82) is 0 Å². The van der Waals surface area contributed by atoms with E-state index >= 15 is 0 Å². The standard InChI is InChI=1S/C31H35N3O2.2ClH/c1-23(35)31(26-10-3-2-4-11-26)15-18-34(19-16-31)22-30(36)33-29-14-13-25-9-5-6-12-27(25)28(29)20-24-8-7-17-32-21-24;;/h2-12,17,21,28-29H,13-16,18-20,22H2,1H3,(H,33,36);2*1H. The number of pyridine rings is 1. The summed E-state index contributed by atoms with van der Waals surface area (Å²) in [6, 6.07) is 22.9. The largest absolute Gasteiger partial charge is 0.352 e. The fourth-order valence-electron chi connectivity index (χ4n) is 6.20. The second-order valence-electron chi connectivity index (χ2n) is 10.4. The molecule has 1 aliphatic heterocycles. The van der Waals surface area contributed by atoms with Crippen LogP contribution in [0, 0.1) is 0 Å². The number of hydrogen-bond acceptors (Lipinski definition) is 4. The molecule has 1 saturated heterocycles. The molecule has 1 aromatic heterocycles. The van der Waals surface area contributed by atoms with Crippen molar-refractivity contribution in [3.8, 4) is 0 Å². The summed E-state index contributed by atoms with van der Waals surface area (Å²) < 4.78 is 0. The fraction of sp³-hybridized carbons (Fsp3) is 0.387. The molecule has 7 heteroatoms. The molecular weight excluding hydrogens is 517 g/mol. The maximum absolute atomic E-state index is 13.2. The third-order valence-corrected chi connectivity index (χ3v) is 8.27. The quantitative estimate of drug-likeness (QED) is 0.431. The first-order valence-corrected chi connectivity index (χ1v) is 13.1. The topological polar surface area (TPSA) is 62.3 Å². The third-order valence-electron chi connectivity index (χ3n) is 8.27. The Bertz CT molecular complexity index is 1200. The van der Waals surface area contributed by atoms with Crippen molar-refractivity contribution in [2.75, 3.05) is 19.6 Å². The number of fused-ring (bicyclic) bond motifs is 1. The van der Waals surface area contributed by atoms with E-state index < -0.39 is 5.41 Å². The summed E-state index contributed by atoms with van der Waals surface area (Å²) in [5, 5.41) is 3.38. The molecule has 2 unspecified atom stereocenters. The first kappa shape index (κ1) is 29.8. The lowest BCUT2D eigenvalue weighted by atomic mass is 9.70. The molecule has 5 rings (SSSR count). The summed E-state index contributed by atoms with van der Waals surface area (Å²) in [5.41, 5.74) is 4.58. The monoisotopic (exact) mass is 553 g/mol. The van der Waals surface area contributed by atoms with Crippen molar-refractivity contribution >= 4 is 36.5 Å². The van der Waals surface area contributed by atoms with Gasteiger partial charge in [-0.3, -0.25) is 19.5 Å². The minimum absolute atomic E-state index is 0. The molecule has 2 aliphatic rings. The SMILES string of the molecule is CC(=O)C1(c2ccccc2)CCN(CC(=O)NC2CCc3ccccc3C2Cc2cccnc2)CC1.Cl.Cl. The smallest absolute Gasteiger partial charge is 0.234 e. The van der Waals surface area contributed by atoms with Gasteiger partial charge in [0, 0.05) is 24.4 Å². The first-order valence-electron chi connectivity index (χ1n) is 13.1. The number of benzene rings is 2. The number of amides is 1. The highest BCUT2D eigenvalue weighted by molar-refractivity contribution is 5.88. The van der Waals surface area contributed by atoms with Gasteiger partial charge in [-0.05, 0) is 80.4 Å². The number of aromatic nitrogens is 1. The van der Waals surface area contributed by atoms with Crippen LogP contribution in [0.2, 0.25) is 0 Å². The molecule has 0 radical (unpaired) electrons. The number of likely N-dealkylation sites (tertiary alicyclic amines) is 1. The molecule has 3 aromatic rings. The molecule has 5 nitrogen and oxygen atoms in total. The Morgan fingerprint density at radius 2 is 1.68 bits per heavy atom. The predicted octanol–water partition coefficient (Wildman–Crippen LogP) is 5.31. The average molecular weight is 555 g/mol. The van der Waals surface area contributed by atoms with Gasteiger partial charge in [-0.1, -0.05) is 60.7 Å². The van der Waals surface area contributed by atoms with E-state index in [1.165, 1.54) is 16.7 Å². The maximum atomic E-state index is 13.2. The van der Waals surface area contributed by atoms with Gasteiger partial charge in [0.15, 0.2) is 0 Å². The number of ketones is 1. The highest BCUT2D eigenvalue weighted by Gasteiger charge is 2.40. The molecular formula is C31H37Cl2N3O2. The number of hydrogen-bond donors (Lipinski definition) is 1. The van der Waals surface area contributed by atoms with Crippen molar-refractivity contribution in [3.63, 3.8) is 0 Å². The summed E-state index contributed by atoms with van der Waals surface area (Å²) in [6.45, 7) is 3.57. The van der Waals surface area contributed by atoms with Gasteiger partial charge in [0.25, 0.3) is 0 Å². The summed E-state index contributed by atoms with van der Waals surface area (Å²) in [5.74, 6) is 0.524. The summed E-state index contributed by atoms with van der Waals surface area (Å²) in [7, 11) is 0. The number of carbonyl (C=O) groups is 2. The van der Waals surface area contributed by atoms with Gasteiger partial charge in [-0.2, -0.15) is 0 Å². The molecule has 0 bridgehead atoms. The number of rotatable bonds is 7. The van der Waals surface area contributed by atoms with Crippen molar-refractivity contribution < 1.29 is 9.59 Å². The number of carbonyl (C=O) groups excluding carboxylic acids is 2. The van der Waals surface area contributed by atoms with Crippen LogP contribution in [0.1, 0.15) is 54.4 Å². The van der Waals surface area contributed by atoms with Crippen LogP contribution in [0.5, 0.6) is 0 Å². The lowest BCUT2D eigenvalue weighted by Crippen LogP contribution is -2.51. The molecule has 2 aromatic carbocycles. The number of nitrogens with one attached hydrogen (secondary N) is 1. The molecule has 2 atom stereocenters. The first-order chi connectivity index (χ1) is 17.5. The molecule has 202 valence electrons. The van der Waals surface area contributed by atoms with Gasteiger partial charge in [-0.25, -0.2) is 0 Å². The lowest BCUT2D eigenvalue weighted by molar-refractivity contribution is -0.125. The van der Waals surface area contributed by atoms with E-state index in [9.17, 15) is 9.59 Å². The van der Waals surface area contributed by atoms with Crippen molar-refractivity contribution in [2.24, 2.45) is 0 Å². The van der Waals surface area contributed by atoms with E-state index in [1.807, 2.05) is 30.5 Å². The Balaban J connectivity index is 0.00000200. The van der Waals surface area contributed by atoms with Crippen LogP contribution in [0.25, 0.3) is 0 Å². The Morgan fingerprint density at radius 3 is 2.37 bits per heavy atom. The molecule has 1 aliphatic carbocycles. The van der Waals surface area contributed by atoms with Crippen LogP contribution in [0.3, 0.4) is 0 Å². The van der Waals surface area contributed by atoms with E-state index in [0.717, 1.165) is 50.8 Å². The number of aryl methyl sites for hydroxylation is 1. The van der Waals surface area contributed by atoms with Crippen LogP contribution in [-0.4, -0.2) is 47.3 Å². The van der Waals surface area contributed by atoms with Gasteiger partial charge in [0.05, 0.1) is 12.0 Å². The van der Waals surface area contributed by atoms with E-state index in [-0.39, 0.29) is 48.5 Å². The highest BCUT2D eigenvalue weighted by Crippen LogP contribution is 2.37. The molecule has 2 heterocycles. The van der Waals surface area contributed by atoms with Gasteiger partial charge in [0.1, 0.15) is 5.78 Å². The summed E-state index contributed by atoms with van der Waals surface area (Å²) in [4.78, 5) is 32.4. The zero-order valence-electron chi connectivity index (χ0n) is 21.8. The summed E-state index contributed by atoms with van der Waals surface area (Å²) in [6.07, 6.45) is 8.01. The Morgan fingerprint density at radius 1 is 0.974 bits per heavy atom. The lowest BCUT2D eigenvalue weighted by Gasteiger charge is -2.41. The Labute approximate surface area is 238 Å². The Hall–Kier alpha value is -2.73. The minimum Gasteiger partial charge on any atom is -0.352 e. The van der Waals surface area contributed by atoms with Crippen molar-refractivity contribution in [1.82, 2.24) is 15.2 Å². The second-order valence-corrected chi connectivity index (χ2v) is 10.4. The number of nitrogens with zero attached hydrogens (tertiary/aromatic N) is 2. The van der Waals surface area contributed by atoms with Crippen LogP contribution < -0.4 is 5.32 Å². The normalized spacial score (nSPS) is 20.2. The zero-order valence-corrected chi connectivity index (χ0v) is 23.5. The zero-order chi connectivity index (χ0) is 25.0. The maximum Gasteiger partial charge on any atom is 0.234 e. The molecule has 38 heavy (non-hydrogen) atoms. The van der Waals surface area contributed by atoms with Gasteiger partial charge in [0.2, 0.25) is 5.91 Å². The van der Waals surface area contributed by atoms with Gasteiger partial charge in [-0.15, -0.1) is 24.8 Å². The van der Waals surface area contributed by atoms with Crippen LogP contribution >= 0.6 is 24.8 Å². The molecule has 1 N–H and O–H groups in total. The molecule has 1 fully saturated rings. The van der Waals surface area contributed by atoms with Crippen LogP contribution in [0.4, 0.5) is 0 Å². The Kier molecular flexibility index (Phi) is 10.5. The summed E-state index contributed by atoms with van der Waals surface area (Å²) >= 11 is 0. The minimum atomic E-state index is -0.434. The van der Waals surface area contributed by atoms with E-state index in [0.29, 0.717) is 6.54 Å². The number of halogens is 2. The molecule has 0 spiro atoms. The van der Waals surface area contributed by atoms with Gasteiger partial charge >= 0.3 is 0 Å². The molecule has 0 saturated carbocycles. The number of Topliss-reactive ketones (excluding diaryl/α,β-unsaturated/α-hetero) is 1. The second kappa shape index (κ2) is 13.4. The number of piperidine rings is 1. The third kappa shape index (κ3) is 6.45. The van der Waals surface area contributed by atoms with E-state index in [2.05, 4.69) is 57.7 Å². The van der Waals surface area contributed by atoms with Gasteiger partial charge < -0.3 is 5.32 Å². The molecule has 1 amide bonds. The van der Waals surface area contributed by atoms with Crippen molar-refractivity contribution in [2.45, 2.75) is 56.4 Å². The van der Waals surface area contributed by atoms with Crippen molar-refractivity contribution in [3.05, 3.63) is 101 Å². The predicted molar refractivity (Wildman–Crippen MR) is 156 cm³/mol.